The van der Waals surface area contributed by atoms with Crippen LogP contribution in [0.5, 0.6) is 5.75 Å². The van der Waals surface area contributed by atoms with Crippen LogP contribution in [-0.2, 0) is 60.8 Å². The van der Waals surface area contributed by atoms with E-state index < -0.39 is 104 Å². The molecule has 2 aromatic rings. The highest BCUT2D eigenvalue weighted by molar-refractivity contribution is 7.89. The lowest BCUT2D eigenvalue weighted by atomic mass is 9.89. The van der Waals surface area contributed by atoms with E-state index >= 15 is 0 Å². The average Bonchev–Trinajstić information content (AvgIpc) is 3.70. The van der Waals surface area contributed by atoms with Crippen LogP contribution in [0.4, 0.5) is 22.0 Å². The number of nitrogens with one attached hydrogen (secondary N) is 1. The number of alkyl halides is 5. The first-order valence-corrected chi connectivity index (χ1v) is 23.3. The van der Waals surface area contributed by atoms with Crippen molar-refractivity contribution in [2.24, 2.45) is 0 Å². The fraction of sp³-hybridized carbons (Fsp3) is 0.750. The molecule has 4 rings (SSSR count). The van der Waals surface area contributed by atoms with E-state index in [1.54, 1.807) is 10.9 Å². The van der Waals surface area contributed by atoms with Crippen molar-refractivity contribution in [1.29, 1.82) is 0 Å². The molecule has 1 aromatic carbocycles. The second-order valence-corrected chi connectivity index (χ2v) is 18.0. The first kappa shape index (κ1) is 52.6. The summed E-state index contributed by atoms with van der Waals surface area (Å²) in [5.74, 6) is -1.09. The number of rotatable bonds is 28. The second kappa shape index (κ2) is 25.6. The van der Waals surface area contributed by atoms with Gasteiger partial charge in [0.1, 0.15) is 24.1 Å². The molecule has 9 atom stereocenters. The summed E-state index contributed by atoms with van der Waals surface area (Å²) < 4.78 is 146. The first-order chi connectivity index (χ1) is 29.9. The van der Waals surface area contributed by atoms with E-state index in [0.29, 0.717) is 51.3 Å². The Morgan fingerprint density at radius 2 is 1.37 bits per heavy atom. The smallest absolute Gasteiger partial charge is 0.325 e. The van der Waals surface area contributed by atoms with Gasteiger partial charge in [0.25, 0.3) is 0 Å². The number of hydrogen-bond acceptors (Lipinski definition) is 16. The highest BCUT2D eigenvalue weighted by Gasteiger charge is 2.55. The van der Waals surface area contributed by atoms with Gasteiger partial charge >= 0.3 is 13.6 Å². The number of carbonyl (C=O) groups is 1. The summed E-state index contributed by atoms with van der Waals surface area (Å²) in [5.41, 5.74) is 0.711. The van der Waals surface area contributed by atoms with Crippen molar-refractivity contribution in [3.8, 4) is 5.75 Å². The number of carbonyl (C=O) groups excluding carboxylic acids is 1. The number of aromatic nitrogens is 3. The van der Waals surface area contributed by atoms with Gasteiger partial charge in [-0.3, -0.25) is 9.36 Å². The highest BCUT2D eigenvalue weighted by Crippen LogP contribution is 2.38. The Hall–Kier alpha value is -2.98. The third-order valence-corrected chi connectivity index (χ3v) is 12.0. The molecular weight excluding hydrogens is 902 g/mol. The standard InChI is InChI=1S/C36H54F5N4O16PS/c37-27-28(38)30(40)35(31(41)29(27)39)61-26(46)8-12-55-14-16-57-18-19-58-17-15-56-13-11-45-21-22(43-44-45)3-1-2-10-42-63(53,54)24-6-4-23(5-7-24)59-36-34(49)33(48)32(47)25(60-36)9-20-62(50,51)52/h4-7,21,25,27-36,42,47-49H,1-3,8-20H2,(H2,50,51,52)/t25-,27?,28?,29?,30?,31?,32-,33+,34+,35?,36+/m1/s1. The van der Waals surface area contributed by atoms with Crippen LogP contribution in [0.25, 0.3) is 0 Å². The zero-order valence-corrected chi connectivity index (χ0v) is 35.6. The van der Waals surface area contributed by atoms with E-state index in [0.717, 1.165) is 0 Å². The van der Waals surface area contributed by atoms with E-state index in [-0.39, 0.29) is 56.6 Å². The van der Waals surface area contributed by atoms with Crippen LogP contribution >= 0.6 is 7.60 Å². The van der Waals surface area contributed by atoms with Crippen LogP contribution in [0.15, 0.2) is 35.4 Å². The molecule has 0 radical (unpaired) electrons. The van der Waals surface area contributed by atoms with Gasteiger partial charge in [0.05, 0.1) is 88.7 Å². The summed E-state index contributed by atoms with van der Waals surface area (Å²) >= 11 is 0. The van der Waals surface area contributed by atoms with Gasteiger partial charge in [-0.05, 0) is 49.9 Å². The van der Waals surface area contributed by atoms with Crippen LogP contribution in [-0.4, -0.2) is 188 Å². The van der Waals surface area contributed by atoms with E-state index in [1.807, 2.05) is 0 Å². The SMILES string of the molecule is O=C(CCOCCOCCOCCOCCn1cc(CCCCNS(=O)(=O)c2ccc(O[C@H]3O[C@H](CCP(=O)(O)O)[C@@H](O)[C@H](O)[C@@H]3O)cc2)nn1)OC1C(F)C(F)C(F)C(F)C1F. The second-order valence-electron chi connectivity index (χ2n) is 14.5. The number of aliphatic hydroxyl groups excluding tert-OH is 3. The first-order valence-electron chi connectivity index (χ1n) is 20.0. The third kappa shape index (κ3) is 17.1. The molecule has 2 fully saturated rings. The van der Waals surface area contributed by atoms with Crippen molar-refractivity contribution >= 4 is 23.6 Å². The van der Waals surface area contributed by atoms with Gasteiger partial charge in [0.2, 0.25) is 16.3 Å². The Labute approximate surface area is 359 Å². The van der Waals surface area contributed by atoms with Crippen LogP contribution in [0.2, 0.25) is 0 Å². The molecule has 360 valence electrons. The Kier molecular flexibility index (Phi) is 21.4. The molecule has 0 bridgehead atoms. The number of aryl methyl sites for hydroxylation is 1. The minimum Gasteiger partial charge on any atom is -0.462 e. The van der Waals surface area contributed by atoms with E-state index in [4.69, 9.17) is 38.2 Å². The third-order valence-electron chi connectivity index (χ3n) is 9.64. The van der Waals surface area contributed by atoms with Gasteiger partial charge in [-0.2, -0.15) is 0 Å². The minimum absolute atomic E-state index is 0.0618. The Balaban J connectivity index is 0.977. The van der Waals surface area contributed by atoms with Crippen molar-refractivity contribution in [1.82, 2.24) is 19.7 Å². The molecule has 1 saturated heterocycles. The molecule has 1 aromatic heterocycles. The van der Waals surface area contributed by atoms with Gasteiger partial charge in [0, 0.05) is 12.7 Å². The van der Waals surface area contributed by atoms with Gasteiger partial charge in [-0.25, -0.2) is 39.8 Å². The lowest BCUT2D eigenvalue weighted by Crippen LogP contribution is -2.59. The van der Waals surface area contributed by atoms with Gasteiger partial charge in [0.15, 0.2) is 37.0 Å². The van der Waals surface area contributed by atoms with Crippen LogP contribution in [0.3, 0.4) is 0 Å². The van der Waals surface area contributed by atoms with Crippen molar-refractivity contribution in [3.63, 3.8) is 0 Å². The Morgan fingerprint density at radius 1 is 0.794 bits per heavy atom. The molecule has 1 aliphatic carbocycles. The topological polar surface area (TPSA) is 277 Å². The van der Waals surface area contributed by atoms with E-state index in [9.17, 15) is 55.0 Å². The van der Waals surface area contributed by atoms with Crippen molar-refractivity contribution in [2.75, 3.05) is 65.6 Å². The number of nitrogens with zero attached hydrogens (tertiary/aromatic N) is 3. The minimum atomic E-state index is -4.43. The molecule has 6 N–H and O–H groups in total. The fourth-order valence-electron chi connectivity index (χ4n) is 6.14. The summed E-state index contributed by atoms with van der Waals surface area (Å²) in [6.45, 7) is 1.98. The van der Waals surface area contributed by atoms with E-state index in [1.165, 1.54) is 24.3 Å². The van der Waals surface area contributed by atoms with Crippen LogP contribution in [0.1, 0.15) is 31.4 Å². The number of ether oxygens (including phenoxy) is 7. The quantitative estimate of drug-likeness (QED) is 0.0292. The van der Waals surface area contributed by atoms with Crippen molar-refractivity contribution in [3.05, 3.63) is 36.2 Å². The van der Waals surface area contributed by atoms with Crippen LogP contribution < -0.4 is 9.46 Å². The number of hydrogen-bond donors (Lipinski definition) is 6. The number of aliphatic hydroxyl groups is 3. The number of esters is 1. The number of sulfonamides is 1. The van der Waals surface area contributed by atoms with Gasteiger partial charge < -0.3 is 58.3 Å². The predicted molar refractivity (Wildman–Crippen MR) is 206 cm³/mol. The normalized spacial score (nSPS) is 27.9. The summed E-state index contributed by atoms with van der Waals surface area (Å²) in [4.78, 5) is 30.0. The number of unbranched alkanes of at least 4 members (excludes halogenated alkanes) is 1. The highest BCUT2D eigenvalue weighted by atomic mass is 32.2. The monoisotopic (exact) mass is 956 g/mol. The Morgan fingerprint density at radius 3 is 1.97 bits per heavy atom. The molecular formula is C36H54F5N4O16PS. The molecule has 63 heavy (non-hydrogen) atoms. The zero-order valence-electron chi connectivity index (χ0n) is 33.9. The maximum Gasteiger partial charge on any atom is 0.325 e. The number of halogens is 5. The lowest BCUT2D eigenvalue weighted by Gasteiger charge is -2.40. The maximum absolute atomic E-state index is 13.8. The molecule has 2 heterocycles. The van der Waals surface area contributed by atoms with Crippen molar-refractivity contribution in [2.45, 2.75) is 111 Å². The summed E-state index contributed by atoms with van der Waals surface area (Å²) in [5, 5.41) is 38.8. The molecule has 4 unspecified atom stereocenters. The van der Waals surface area contributed by atoms with Gasteiger partial charge in [-0.1, -0.05) is 5.21 Å². The fourth-order valence-corrected chi connectivity index (χ4v) is 7.81. The molecule has 1 saturated carbocycles. The summed E-state index contributed by atoms with van der Waals surface area (Å²) in [6, 6.07) is 5.11. The lowest BCUT2D eigenvalue weighted by molar-refractivity contribution is -0.272. The molecule has 2 aliphatic rings. The largest absolute Gasteiger partial charge is 0.462 e. The predicted octanol–water partition coefficient (Wildman–Crippen LogP) is 0.406. The number of benzene rings is 1. The van der Waals surface area contributed by atoms with Crippen LogP contribution in [0, 0.1) is 0 Å². The molecule has 0 spiro atoms. The zero-order chi connectivity index (χ0) is 46.2. The molecule has 0 amide bonds. The summed E-state index contributed by atoms with van der Waals surface area (Å²) in [7, 11) is -8.32. The Bertz CT molecular complexity index is 1810. The molecule has 1 aliphatic heterocycles. The van der Waals surface area contributed by atoms with E-state index in [2.05, 4.69) is 19.8 Å². The average molecular weight is 957 g/mol. The molecule has 27 heteroatoms. The van der Waals surface area contributed by atoms with Gasteiger partial charge in [-0.15, -0.1) is 5.10 Å². The molecule has 20 nitrogen and oxygen atoms in total. The summed E-state index contributed by atoms with van der Waals surface area (Å²) in [6.07, 6.45) is -22.7. The maximum atomic E-state index is 13.8. The van der Waals surface area contributed by atoms with Crippen molar-refractivity contribution < 1.29 is 98.0 Å².